The van der Waals surface area contributed by atoms with Crippen LogP contribution in [0.4, 0.5) is 0 Å². The first kappa shape index (κ1) is 42.0. The highest BCUT2D eigenvalue weighted by atomic mass is 16.5. The van der Waals surface area contributed by atoms with Gasteiger partial charge in [0, 0.05) is 51.5 Å². The van der Waals surface area contributed by atoms with Crippen LogP contribution in [0.25, 0.3) is 22.1 Å². The van der Waals surface area contributed by atoms with Crippen LogP contribution in [-0.4, -0.2) is 92.0 Å². The average molecular weight is 811 g/mol. The monoisotopic (exact) mass is 810 g/mol. The van der Waals surface area contributed by atoms with E-state index in [0.717, 1.165) is 0 Å². The second kappa shape index (κ2) is 17.1. The van der Waals surface area contributed by atoms with Gasteiger partial charge in [-0.2, -0.15) is 20.2 Å². The molecule has 312 valence electrons. The zero-order valence-electron chi connectivity index (χ0n) is 34.5. The zero-order valence-corrected chi connectivity index (χ0v) is 34.5. The van der Waals surface area contributed by atoms with E-state index < -0.39 is 35.8 Å². The van der Waals surface area contributed by atoms with Crippen molar-refractivity contribution in [2.24, 2.45) is 35.5 Å². The van der Waals surface area contributed by atoms with E-state index in [1.165, 1.54) is 12.1 Å². The molecule has 0 aliphatic heterocycles. The molecule has 0 saturated carbocycles. The van der Waals surface area contributed by atoms with Crippen molar-refractivity contribution in [2.45, 2.75) is 79.9 Å². The number of hydrogen-bond acceptors (Lipinski definition) is 9. The van der Waals surface area contributed by atoms with Crippen molar-refractivity contribution >= 4 is 45.7 Å². The molecule has 0 unspecified atom stereocenters. The fraction of sp³-hybridized carbons (Fsp3) is 0.400. The van der Waals surface area contributed by atoms with E-state index in [2.05, 4.69) is 20.2 Å². The Morgan fingerprint density at radius 2 is 1.15 bits per heavy atom. The fourth-order valence-corrected chi connectivity index (χ4v) is 7.42. The van der Waals surface area contributed by atoms with Crippen molar-refractivity contribution in [3.8, 4) is 5.75 Å². The minimum Gasteiger partial charge on any atom is -0.506 e. The van der Waals surface area contributed by atoms with Gasteiger partial charge >= 0.3 is 0 Å². The molecular formula is C40H50N12O7. The average Bonchev–Trinajstić information content (AvgIpc) is 3.92. The Balaban J connectivity index is 1.54. The summed E-state index contributed by atoms with van der Waals surface area (Å²) in [6.07, 6.45) is -1.53. The van der Waals surface area contributed by atoms with Crippen LogP contribution in [0.3, 0.4) is 0 Å². The number of amides is 4. The van der Waals surface area contributed by atoms with E-state index >= 15 is 0 Å². The third kappa shape index (κ3) is 8.11. The maximum Gasteiger partial charge on any atom is 0.298 e. The third-order valence-corrected chi connectivity index (χ3v) is 10.1. The summed E-state index contributed by atoms with van der Waals surface area (Å²) in [5, 5.41) is 20.3. The number of nitrogens with zero attached hydrogens (tertiary/aromatic N) is 10. The number of phenolic OH excluding ortho intramolecular Hbond substituents is 1. The maximum absolute atomic E-state index is 13.9. The normalized spacial score (nSPS) is 13.5. The third-order valence-electron chi connectivity index (χ3n) is 10.1. The summed E-state index contributed by atoms with van der Waals surface area (Å²) in [6, 6.07) is 11.1. The molecule has 6 rings (SSSR count). The standard InChI is InChI=1S/C40H50N12O7/c1-9-51-29(15-22(5)45-51)37(56)43-39-47(7)27-17-24(35(41)54)13-14-26(27)49(39)20-32(58-11-3)33(59-12-4)21-50-34-28(18-25(36(42)55)19-31(34)53)48(8)40(50)44-38(57)30-16-23(6)46-52(30)10-2/h13-19,32-33,53H,9-12,20-21H2,1-8H3,(H2,41,54)(H2,42,55)/t32-,33-/m1/s1. The van der Waals surface area contributed by atoms with Gasteiger partial charge in [0.05, 0.1) is 41.0 Å². The Hall–Kier alpha value is -6.60. The number of imidazole rings is 2. The Kier molecular flexibility index (Phi) is 12.2. The summed E-state index contributed by atoms with van der Waals surface area (Å²) in [4.78, 5) is 61.5. The van der Waals surface area contributed by atoms with Crippen molar-refractivity contribution in [1.29, 1.82) is 0 Å². The molecule has 19 nitrogen and oxygen atoms in total. The topological polar surface area (TPSA) is 239 Å². The molecule has 2 atom stereocenters. The number of aryl methyl sites for hydroxylation is 6. The second-order valence-corrected chi connectivity index (χ2v) is 14.0. The highest BCUT2D eigenvalue weighted by Gasteiger charge is 2.29. The number of aromatic hydroxyl groups is 1. The second-order valence-electron chi connectivity index (χ2n) is 14.0. The number of carbonyl (C=O) groups excluding carboxylic acids is 4. The largest absolute Gasteiger partial charge is 0.506 e. The van der Waals surface area contributed by atoms with Gasteiger partial charge in [0.15, 0.2) is 0 Å². The number of rotatable bonds is 15. The summed E-state index contributed by atoms with van der Waals surface area (Å²) in [5.74, 6) is -2.74. The minimum absolute atomic E-state index is 0.00494. The number of benzene rings is 2. The molecule has 5 N–H and O–H groups in total. The summed E-state index contributed by atoms with van der Waals surface area (Å²) >= 11 is 0. The van der Waals surface area contributed by atoms with Gasteiger partial charge in [0.1, 0.15) is 34.9 Å². The summed E-state index contributed by atoms with van der Waals surface area (Å²) in [7, 11) is 3.40. The molecule has 4 heterocycles. The molecule has 0 spiro atoms. The molecule has 0 aliphatic carbocycles. The number of carbonyl (C=O) groups is 4. The van der Waals surface area contributed by atoms with E-state index in [4.69, 9.17) is 20.9 Å². The molecule has 0 saturated heterocycles. The molecule has 0 radical (unpaired) electrons. The van der Waals surface area contributed by atoms with Crippen molar-refractivity contribution < 1.29 is 33.8 Å². The molecule has 2 aromatic carbocycles. The lowest BCUT2D eigenvalue weighted by atomic mass is 10.1. The molecule has 0 fully saturated rings. The van der Waals surface area contributed by atoms with Crippen LogP contribution >= 0.6 is 0 Å². The number of fused-ring (bicyclic) bond motifs is 2. The molecule has 4 amide bonds. The van der Waals surface area contributed by atoms with Gasteiger partial charge in [-0.3, -0.25) is 28.5 Å². The van der Waals surface area contributed by atoms with Gasteiger partial charge in [0.2, 0.25) is 23.1 Å². The van der Waals surface area contributed by atoms with Crippen LogP contribution in [0, 0.1) is 13.8 Å². The van der Waals surface area contributed by atoms with Crippen molar-refractivity contribution in [3.63, 3.8) is 0 Å². The van der Waals surface area contributed by atoms with E-state index in [1.807, 2.05) is 32.3 Å². The lowest BCUT2D eigenvalue weighted by Gasteiger charge is -2.28. The Morgan fingerprint density at radius 1 is 0.678 bits per heavy atom. The van der Waals surface area contributed by atoms with E-state index in [9.17, 15) is 24.3 Å². The van der Waals surface area contributed by atoms with E-state index in [1.54, 1.807) is 81.3 Å². The van der Waals surface area contributed by atoms with Gasteiger partial charge in [-0.05, 0) is 84.0 Å². The van der Waals surface area contributed by atoms with Gasteiger partial charge < -0.3 is 44.3 Å². The van der Waals surface area contributed by atoms with Gasteiger partial charge in [-0.25, -0.2) is 0 Å². The van der Waals surface area contributed by atoms with Crippen LogP contribution in [0.2, 0.25) is 0 Å². The molecule has 59 heavy (non-hydrogen) atoms. The molecular weight excluding hydrogens is 761 g/mol. The van der Waals surface area contributed by atoms with E-state index in [-0.39, 0.29) is 65.6 Å². The highest BCUT2D eigenvalue weighted by molar-refractivity contribution is 5.99. The first-order valence-electron chi connectivity index (χ1n) is 19.3. The number of hydrogen-bond donors (Lipinski definition) is 3. The number of nitrogens with two attached hydrogens (primary N) is 2. The SMILES string of the molecule is CCO[C@H](Cn1c(=NC(=O)c2cc(C)nn2CC)n(C)c2cc(C(N)=O)ccc21)[C@@H](Cn1c(=NC(=O)c2cc(C)nn2CC)n(C)c2cc(C(N)=O)cc(O)c21)OCC. The van der Waals surface area contributed by atoms with Crippen molar-refractivity contribution in [3.05, 3.63) is 87.6 Å². The minimum atomic E-state index is -0.779. The molecule has 0 bridgehead atoms. The molecule has 6 aromatic rings. The summed E-state index contributed by atoms with van der Waals surface area (Å²) in [5.41, 5.74) is 15.8. The van der Waals surface area contributed by atoms with Crippen LogP contribution in [0.1, 0.15) is 80.8 Å². The van der Waals surface area contributed by atoms with Gasteiger partial charge in [-0.15, -0.1) is 0 Å². The Bertz CT molecular complexity index is 2760. The number of aromatic nitrogens is 8. The van der Waals surface area contributed by atoms with Crippen LogP contribution in [-0.2, 0) is 49.7 Å². The number of primary amides is 2. The molecule has 4 aromatic heterocycles. The smallest absolute Gasteiger partial charge is 0.298 e. The summed E-state index contributed by atoms with van der Waals surface area (Å²) < 4.78 is 22.8. The predicted molar refractivity (Wildman–Crippen MR) is 216 cm³/mol. The number of ether oxygens (including phenoxy) is 2. The van der Waals surface area contributed by atoms with Gasteiger partial charge in [-0.1, -0.05) is 0 Å². The first-order valence-corrected chi connectivity index (χ1v) is 19.3. The Labute approximate surface area is 338 Å². The first-order chi connectivity index (χ1) is 28.1. The molecule has 19 heteroatoms. The fourth-order valence-electron chi connectivity index (χ4n) is 7.42. The van der Waals surface area contributed by atoms with Crippen LogP contribution < -0.4 is 22.7 Å². The number of phenols is 1. The van der Waals surface area contributed by atoms with Crippen molar-refractivity contribution in [1.82, 2.24) is 37.8 Å². The van der Waals surface area contributed by atoms with E-state index in [0.29, 0.717) is 46.7 Å². The lowest BCUT2D eigenvalue weighted by molar-refractivity contribution is -0.0800. The predicted octanol–water partition coefficient (Wildman–Crippen LogP) is 2.22. The van der Waals surface area contributed by atoms with Crippen LogP contribution in [0.15, 0.2) is 52.4 Å². The maximum atomic E-state index is 13.9. The quantitative estimate of drug-likeness (QED) is 0.138. The van der Waals surface area contributed by atoms with Crippen molar-refractivity contribution in [2.75, 3.05) is 13.2 Å². The summed E-state index contributed by atoms with van der Waals surface area (Å²) in [6.45, 7) is 12.5. The zero-order chi connectivity index (χ0) is 42.9. The van der Waals surface area contributed by atoms with Crippen LogP contribution in [0.5, 0.6) is 5.75 Å². The highest BCUT2D eigenvalue weighted by Crippen LogP contribution is 2.27. The molecule has 0 aliphatic rings. The lowest BCUT2D eigenvalue weighted by Crippen LogP contribution is -2.43. The van der Waals surface area contributed by atoms with Gasteiger partial charge in [0.25, 0.3) is 11.8 Å². The Morgan fingerprint density at radius 3 is 1.64 bits per heavy atom.